The largest absolute Gasteiger partial charge is 0.421 e. The summed E-state index contributed by atoms with van der Waals surface area (Å²) in [5, 5.41) is 46.3. The van der Waals surface area contributed by atoms with Crippen LogP contribution in [0.25, 0.3) is 79.1 Å². The van der Waals surface area contributed by atoms with Gasteiger partial charge in [0.1, 0.15) is 19.0 Å². The van der Waals surface area contributed by atoms with Gasteiger partial charge in [-0.05, 0) is 183 Å². The van der Waals surface area contributed by atoms with E-state index in [1.165, 1.54) is 62.9 Å². The number of aryl methyl sites for hydroxylation is 5. The number of aliphatic hydroxyl groups is 4. The first kappa shape index (κ1) is 96.8. The van der Waals surface area contributed by atoms with Crippen LogP contribution in [0.1, 0.15) is 192 Å². The zero-order valence-electron chi connectivity index (χ0n) is 67.7. The molecular formula is C93H118Ir3N10O4-4. The molecule has 4 N–H and O–H groups in total. The summed E-state index contributed by atoms with van der Waals surface area (Å²) in [5.41, 5.74) is 20.6. The van der Waals surface area contributed by atoms with Crippen LogP contribution in [0.4, 0.5) is 0 Å². The van der Waals surface area contributed by atoms with Gasteiger partial charge in [0.05, 0.1) is 47.2 Å². The van der Waals surface area contributed by atoms with Gasteiger partial charge in [0.15, 0.2) is 0 Å². The number of aromatic nitrogens is 10. The van der Waals surface area contributed by atoms with Crippen molar-refractivity contribution in [3.63, 3.8) is 0 Å². The van der Waals surface area contributed by atoms with Gasteiger partial charge in [-0.15, -0.1) is 108 Å². The minimum Gasteiger partial charge on any atom is -0.421 e. The van der Waals surface area contributed by atoms with E-state index in [1.54, 1.807) is 32.1 Å². The van der Waals surface area contributed by atoms with Crippen LogP contribution in [0.3, 0.4) is 0 Å². The fraction of sp³-hybridized carbons (Fsp3) is 0.409. The summed E-state index contributed by atoms with van der Waals surface area (Å²) in [4.78, 5) is 34.8. The Balaban J connectivity index is 0.000000345. The molecule has 0 amide bonds. The molecule has 0 saturated carbocycles. The van der Waals surface area contributed by atoms with Crippen molar-refractivity contribution in [2.45, 2.75) is 219 Å². The number of rotatable bonds is 26. The maximum absolute atomic E-state index is 9.78. The van der Waals surface area contributed by atoms with Gasteiger partial charge in [-0.2, -0.15) is 0 Å². The molecule has 5 aromatic heterocycles. The van der Waals surface area contributed by atoms with Crippen LogP contribution in [-0.4, -0.2) is 89.8 Å². The predicted molar refractivity (Wildman–Crippen MR) is 440 cm³/mol. The third kappa shape index (κ3) is 34.7. The first-order valence-electron chi connectivity index (χ1n) is 38.4. The first-order chi connectivity index (χ1) is 51.3. The molecule has 17 heteroatoms. The Kier molecular flexibility index (Phi) is 45.8. The summed E-state index contributed by atoms with van der Waals surface area (Å²) >= 11 is 0. The average molecular weight is 2020 g/mol. The van der Waals surface area contributed by atoms with Crippen molar-refractivity contribution in [2.75, 3.05) is 0 Å². The van der Waals surface area contributed by atoms with E-state index < -0.39 is 0 Å². The number of aliphatic hydroxyl groups excluding tert-OH is 4. The van der Waals surface area contributed by atoms with Crippen molar-refractivity contribution in [2.24, 2.45) is 29.6 Å². The second-order valence-corrected chi connectivity index (χ2v) is 30.3. The Morgan fingerprint density at radius 1 is 0.355 bits per heavy atom. The maximum Gasteiger partial charge on any atom is 0.106 e. The maximum atomic E-state index is 9.78. The number of pyridine rings is 1. The number of nitrogens with zero attached hydrogens (tertiary/aromatic N) is 10. The monoisotopic (exact) mass is 2020 g/mol. The topological polar surface area (TPSA) is 211 Å². The molecule has 0 fully saturated rings. The van der Waals surface area contributed by atoms with Crippen LogP contribution >= 0.6 is 0 Å². The van der Waals surface area contributed by atoms with Crippen LogP contribution in [0.15, 0.2) is 189 Å². The van der Waals surface area contributed by atoms with E-state index in [1.807, 2.05) is 97.1 Å². The Morgan fingerprint density at radius 2 is 0.745 bits per heavy atom. The molecule has 4 unspecified atom stereocenters. The quantitative estimate of drug-likeness (QED) is 0.0372. The summed E-state index contributed by atoms with van der Waals surface area (Å²) in [6, 6.07) is 64.3. The molecule has 0 aliphatic rings. The molecule has 0 aliphatic carbocycles. The van der Waals surface area contributed by atoms with Gasteiger partial charge in [-0.3, -0.25) is 25.0 Å². The third-order valence-electron chi connectivity index (χ3n) is 17.8. The molecular weight excluding hydrogens is 1900 g/mol. The molecule has 110 heavy (non-hydrogen) atoms. The molecule has 11 aromatic rings. The third-order valence-corrected chi connectivity index (χ3v) is 17.8. The van der Waals surface area contributed by atoms with Crippen molar-refractivity contribution in [3.8, 4) is 79.1 Å². The molecule has 5 heterocycles. The minimum absolute atomic E-state index is 0. The zero-order valence-corrected chi connectivity index (χ0v) is 74.9. The van der Waals surface area contributed by atoms with E-state index in [0.717, 1.165) is 101 Å². The van der Waals surface area contributed by atoms with Gasteiger partial charge < -0.3 is 30.5 Å². The molecule has 0 saturated heterocycles. The number of hydrogen-bond acceptors (Lipinski definition) is 13. The molecule has 0 aliphatic heterocycles. The SMILES string of the molecule is CC(C)CC(O)CC(O)CC(C)C.CC(C)CCCC(O)CC(O)CCCC(C)C.Cc1cccc(C(C)C)c1-c1cc(-c2[c-]cccc2)ncn1.Cc1cccc(C)c1-c1cc(-c2[c-]cccc2)ncn1.Cc1cccc(CC(C)C)c1-c1cc(-c2[c-]cccc2)ncn1.Cc1n[n-]c(-c2ccccn2)n1.[Ir].[Ir].[Ir]. The Hall–Kier alpha value is -7.36. The Labute approximate surface area is 699 Å². The molecule has 3 radical (unpaired) electrons. The predicted octanol–water partition coefficient (Wildman–Crippen LogP) is 21.1. The summed E-state index contributed by atoms with van der Waals surface area (Å²) in [5.74, 6) is 4.75. The van der Waals surface area contributed by atoms with Gasteiger partial charge in [0, 0.05) is 89.0 Å². The fourth-order valence-electron chi connectivity index (χ4n) is 12.6. The summed E-state index contributed by atoms with van der Waals surface area (Å²) in [7, 11) is 0. The van der Waals surface area contributed by atoms with Gasteiger partial charge in [-0.25, -0.2) is 15.0 Å². The van der Waals surface area contributed by atoms with Gasteiger partial charge in [0.25, 0.3) is 0 Å². The molecule has 0 spiro atoms. The van der Waals surface area contributed by atoms with E-state index in [0.29, 0.717) is 60.0 Å². The molecule has 6 aromatic carbocycles. The zero-order chi connectivity index (χ0) is 77.8. The number of benzene rings is 6. The van der Waals surface area contributed by atoms with Crippen molar-refractivity contribution in [1.29, 1.82) is 0 Å². The Bertz CT molecular complexity index is 4250. The smallest absolute Gasteiger partial charge is 0.106 e. The van der Waals surface area contributed by atoms with Crippen LogP contribution in [0, 0.1) is 82.4 Å². The van der Waals surface area contributed by atoms with E-state index in [4.69, 9.17) is 0 Å². The average Bonchev–Trinajstić information content (AvgIpc) is 0.905. The molecule has 0 bridgehead atoms. The summed E-state index contributed by atoms with van der Waals surface area (Å²) < 4.78 is 0. The Morgan fingerprint density at radius 3 is 1.13 bits per heavy atom. The van der Waals surface area contributed by atoms with Crippen molar-refractivity contribution < 1.29 is 80.7 Å². The second kappa shape index (κ2) is 52.0. The van der Waals surface area contributed by atoms with Crippen LogP contribution in [0.5, 0.6) is 0 Å². The standard InChI is InChI=1S/C21H21N2.C20H19N2.C18H15N2.C15H32O2.C11H24O2.C8H7N4.3Ir/c1-15(2)12-18-11-7-8-16(3)21(18)20-13-19(22-14-23-20)17-9-5-4-6-10-17;1-14(2)17-11-7-8-15(3)20(17)19-12-18(21-13-22-19)16-9-5-4-6-10-16;1-13-7-6-8-14(2)18(13)17-11-16(19-12-20-17)15-9-4-3-5-10-15;1-12(2)7-5-9-14(16)11-15(17)10-6-8-13(3)4;1-8(2)5-10(12)7-11(13)6-9(3)4;1-6-10-8(12-11-6)7-4-2-3-5-9-7;;;/h4-9,11,13-15H,12H2,1-3H3;4-9,11-14H,1-3H3;3-9,11-12H,1-2H3;12-17H,5-11H2,1-4H3;8-13H,5-7H2,1-4H3;2-5H,1H3;;;/q3*-1;;;-1;;;. The van der Waals surface area contributed by atoms with Crippen molar-refractivity contribution >= 4 is 0 Å². The molecule has 14 nitrogen and oxygen atoms in total. The van der Waals surface area contributed by atoms with Crippen LogP contribution in [0.2, 0.25) is 0 Å². The summed E-state index contributed by atoms with van der Waals surface area (Å²) in [6.45, 7) is 36.4. The first-order valence-corrected chi connectivity index (χ1v) is 38.4. The summed E-state index contributed by atoms with van der Waals surface area (Å²) in [6.07, 6.45) is 15.1. The van der Waals surface area contributed by atoms with Crippen LogP contribution < -0.4 is 5.10 Å². The van der Waals surface area contributed by atoms with Gasteiger partial charge >= 0.3 is 0 Å². The van der Waals surface area contributed by atoms with E-state index in [9.17, 15) is 20.4 Å². The van der Waals surface area contributed by atoms with Gasteiger partial charge in [-0.1, -0.05) is 188 Å². The normalized spacial score (nSPS) is 11.8. The fourth-order valence-corrected chi connectivity index (χ4v) is 12.6. The molecule has 11 rings (SSSR count). The number of hydrogen-bond donors (Lipinski definition) is 4. The van der Waals surface area contributed by atoms with Crippen LogP contribution in [-0.2, 0) is 66.7 Å². The molecule has 4 atom stereocenters. The van der Waals surface area contributed by atoms with E-state index in [-0.39, 0.29) is 84.7 Å². The van der Waals surface area contributed by atoms with Gasteiger partial charge in [0.2, 0.25) is 0 Å². The van der Waals surface area contributed by atoms with E-state index in [2.05, 4.69) is 246 Å². The minimum atomic E-state index is -0.339. The van der Waals surface area contributed by atoms with Crippen molar-refractivity contribution in [3.05, 3.63) is 246 Å². The molecule has 595 valence electrons. The van der Waals surface area contributed by atoms with E-state index >= 15 is 0 Å². The van der Waals surface area contributed by atoms with Crippen molar-refractivity contribution in [1.82, 2.24) is 50.1 Å². The second-order valence-electron chi connectivity index (χ2n) is 30.3.